The van der Waals surface area contributed by atoms with Crippen LogP contribution in [0.4, 0.5) is 5.69 Å². The van der Waals surface area contributed by atoms with Crippen LogP contribution in [0.1, 0.15) is 131 Å². The fourth-order valence-corrected chi connectivity index (χ4v) is 8.99. The van der Waals surface area contributed by atoms with E-state index in [9.17, 15) is 53.6 Å². The number of nitro groups is 1. The molecule has 0 unspecified atom stereocenters. The number of morpholine rings is 1. The van der Waals surface area contributed by atoms with Gasteiger partial charge in [-0.3, -0.25) is 38.9 Å². The first-order valence-electron chi connectivity index (χ1n) is 21.9. The van der Waals surface area contributed by atoms with E-state index in [4.69, 9.17) is 10.5 Å². The molecule has 63 heavy (non-hydrogen) atoms. The zero-order valence-electron chi connectivity index (χ0n) is 36.8. The molecule has 1 aromatic rings. The molecule has 0 aromatic heterocycles. The van der Waals surface area contributed by atoms with E-state index in [-0.39, 0.29) is 62.2 Å². The molecule has 2 saturated carbocycles. The number of allylic oxidation sites excluding steroid dienone is 1. The van der Waals surface area contributed by atoms with Crippen molar-refractivity contribution in [2.45, 2.75) is 129 Å². The molecule has 18 heteroatoms. The Morgan fingerprint density at radius 2 is 1.59 bits per heavy atom. The number of nitro benzene ring substituents is 1. The zero-order valence-corrected chi connectivity index (χ0v) is 36.8. The van der Waals surface area contributed by atoms with Crippen molar-refractivity contribution in [1.29, 1.82) is 0 Å². The highest BCUT2D eigenvalue weighted by atomic mass is 16.6. The second-order valence-corrected chi connectivity index (χ2v) is 18.0. The van der Waals surface area contributed by atoms with Crippen LogP contribution in [0.15, 0.2) is 30.4 Å². The van der Waals surface area contributed by atoms with Crippen LogP contribution in [-0.4, -0.2) is 107 Å². The molecule has 1 saturated heterocycles. The predicted octanol–water partition coefficient (Wildman–Crippen LogP) is 4.46. The third-order valence-corrected chi connectivity index (χ3v) is 12.6. The molecule has 3 aliphatic rings. The third kappa shape index (κ3) is 14.0. The number of amides is 4. The van der Waals surface area contributed by atoms with Gasteiger partial charge in [0.15, 0.2) is 11.6 Å². The minimum atomic E-state index is -1.59. The van der Waals surface area contributed by atoms with Gasteiger partial charge < -0.3 is 35.8 Å². The quantitative estimate of drug-likeness (QED) is 0.0464. The standard InChI is InChI=1S/C45H63N5O13/c1-45(2,3)39(48-41(55)29(17-11-12-18-37(53)62-4)23-35(51)31-20-19-30(50(60)61)24-33(31)44(58)59)43(57)49-21-22-63-26-34(49)42(56)47-38(28-15-9-6-10-16-28)36(52)25-32(40(46)54)27-13-7-5-8-14-27/h12,18-20,24,27-29,32,34,38-39H,5-11,13-17,21-23,25-26H2,1-4H3,(H2,46,54)(H,47,56)(H,48,55)(H,58,59)/b18-12+/t29-,32+,34+,38+,39-/m1/s1. The lowest BCUT2D eigenvalue weighted by molar-refractivity contribution is -0.384. The second-order valence-electron chi connectivity index (χ2n) is 18.0. The molecule has 346 valence electrons. The number of nitrogens with one attached hydrogen (secondary N) is 2. The number of ketones is 2. The lowest BCUT2D eigenvalue weighted by Crippen LogP contribution is -2.64. The molecule has 5 atom stereocenters. The summed E-state index contributed by atoms with van der Waals surface area (Å²) in [6.45, 7) is 4.99. The van der Waals surface area contributed by atoms with Gasteiger partial charge in [0.05, 0.1) is 36.9 Å². The number of hydrogen-bond donors (Lipinski definition) is 4. The Labute approximate surface area is 367 Å². The number of nitrogens with zero attached hydrogens (tertiary/aromatic N) is 2. The summed E-state index contributed by atoms with van der Waals surface area (Å²) < 4.78 is 10.3. The van der Waals surface area contributed by atoms with Crippen LogP contribution in [0.3, 0.4) is 0 Å². The Balaban J connectivity index is 1.59. The number of Topliss-reactive ketones (excluding diaryl/α,β-unsaturated/α-hetero) is 2. The Hall–Kier alpha value is -5.52. The van der Waals surface area contributed by atoms with Crippen molar-refractivity contribution in [2.24, 2.45) is 34.8 Å². The van der Waals surface area contributed by atoms with Gasteiger partial charge in [0.1, 0.15) is 12.1 Å². The van der Waals surface area contributed by atoms with Crippen LogP contribution in [-0.2, 0) is 38.2 Å². The van der Waals surface area contributed by atoms with E-state index in [2.05, 4.69) is 15.4 Å². The number of carbonyl (C=O) groups is 8. The van der Waals surface area contributed by atoms with Crippen LogP contribution in [0.2, 0.25) is 0 Å². The van der Waals surface area contributed by atoms with Crippen molar-refractivity contribution in [3.63, 3.8) is 0 Å². The molecule has 4 rings (SSSR count). The van der Waals surface area contributed by atoms with Crippen molar-refractivity contribution in [3.8, 4) is 0 Å². The molecule has 0 spiro atoms. The first-order valence-corrected chi connectivity index (χ1v) is 21.9. The summed E-state index contributed by atoms with van der Waals surface area (Å²) in [5.41, 5.74) is 3.37. The lowest BCUT2D eigenvalue weighted by atomic mass is 9.75. The second kappa shape index (κ2) is 23.2. The highest BCUT2D eigenvalue weighted by Gasteiger charge is 2.44. The molecule has 1 heterocycles. The van der Waals surface area contributed by atoms with Crippen molar-refractivity contribution in [3.05, 3.63) is 51.6 Å². The third-order valence-electron chi connectivity index (χ3n) is 12.6. The van der Waals surface area contributed by atoms with E-state index in [0.29, 0.717) is 12.8 Å². The highest BCUT2D eigenvalue weighted by molar-refractivity contribution is 6.07. The Kier molecular flexibility index (Phi) is 18.5. The number of ether oxygens (including phenoxy) is 2. The predicted molar refractivity (Wildman–Crippen MR) is 228 cm³/mol. The number of methoxy groups -OCH3 is 1. The minimum Gasteiger partial charge on any atom is -0.478 e. The average molecular weight is 882 g/mol. The largest absolute Gasteiger partial charge is 0.478 e. The summed E-state index contributed by atoms with van der Waals surface area (Å²) >= 11 is 0. The SMILES string of the molecule is COC(=O)/C=C/CC[C@H](CC(=O)c1ccc([N+](=O)[O-])cc1C(=O)O)C(=O)N[C@H](C(=O)N1CCOC[C@H]1C(=O)N[C@H](C(=O)C[C@H](C(N)=O)C1CCCCC1)C1CCCCC1)C(C)(C)C. The summed E-state index contributed by atoms with van der Waals surface area (Å²) in [7, 11) is 1.19. The van der Waals surface area contributed by atoms with Gasteiger partial charge in [0.25, 0.3) is 5.69 Å². The van der Waals surface area contributed by atoms with E-state index in [0.717, 1.165) is 75.6 Å². The number of rotatable bonds is 20. The van der Waals surface area contributed by atoms with Crippen LogP contribution in [0, 0.1) is 39.2 Å². The number of carboxylic acids is 1. The fourth-order valence-electron chi connectivity index (χ4n) is 8.99. The highest BCUT2D eigenvalue weighted by Crippen LogP contribution is 2.34. The van der Waals surface area contributed by atoms with Gasteiger partial charge in [-0.15, -0.1) is 0 Å². The summed E-state index contributed by atoms with van der Waals surface area (Å²) in [4.78, 5) is 119. The van der Waals surface area contributed by atoms with E-state index in [1.54, 1.807) is 20.8 Å². The average Bonchev–Trinajstić information content (AvgIpc) is 3.26. The molecule has 18 nitrogen and oxygen atoms in total. The van der Waals surface area contributed by atoms with E-state index in [1.165, 1.54) is 18.1 Å². The number of carbonyl (C=O) groups excluding carboxylic acids is 7. The minimum absolute atomic E-state index is 0.00844. The summed E-state index contributed by atoms with van der Waals surface area (Å²) in [6.07, 6.45) is 10.7. The summed E-state index contributed by atoms with van der Waals surface area (Å²) in [6, 6.07) is -0.604. The van der Waals surface area contributed by atoms with Crippen molar-refractivity contribution < 1.29 is 57.9 Å². The molecule has 1 aliphatic heterocycles. The number of benzene rings is 1. The van der Waals surface area contributed by atoms with Gasteiger partial charge in [-0.2, -0.15) is 0 Å². The first kappa shape index (κ1) is 50.1. The number of aromatic carboxylic acids is 1. The zero-order chi connectivity index (χ0) is 46.4. The van der Waals surface area contributed by atoms with Crippen LogP contribution < -0.4 is 16.4 Å². The van der Waals surface area contributed by atoms with Crippen LogP contribution in [0.5, 0.6) is 0 Å². The number of esters is 1. The van der Waals surface area contributed by atoms with Crippen molar-refractivity contribution in [1.82, 2.24) is 15.5 Å². The molecule has 3 fully saturated rings. The fraction of sp³-hybridized carbons (Fsp3) is 0.644. The van der Waals surface area contributed by atoms with E-state index >= 15 is 0 Å². The molecule has 0 bridgehead atoms. The van der Waals surface area contributed by atoms with Crippen molar-refractivity contribution in [2.75, 3.05) is 26.9 Å². The maximum atomic E-state index is 14.7. The number of hydrogen-bond acceptors (Lipinski definition) is 12. The smallest absolute Gasteiger partial charge is 0.336 e. The first-order chi connectivity index (χ1) is 29.8. The van der Waals surface area contributed by atoms with E-state index in [1.807, 2.05) is 0 Å². The van der Waals surface area contributed by atoms with Gasteiger partial charge in [-0.05, 0) is 61.8 Å². The van der Waals surface area contributed by atoms with Gasteiger partial charge in [0.2, 0.25) is 23.6 Å². The Morgan fingerprint density at radius 1 is 0.952 bits per heavy atom. The van der Waals surface area contributed by atoms with Gasteiger partial charge >= 0.3 is 11.9 Å². The molecule has 1 aromatic carbocycles. The maximum absolute atomic E-state index is 14.7. The lowest BCUT2D eigenvalue weighted by Gasteiger charge is -2.41. The topological polar surface area (TPSA) is 272 Å². The normalized spacial score (nSPS) is 19.6. The summed E-state index contributed by atoms with van der Waals surface area (Å²) in [5.74, 6) is -7.85. The summed E-state index contributed by atoms with van der Waals surface area (Å²) in [5, 5.41) is 26.9. The number of nitrogens with two attached hydrogens (primary N) is 1. The van der Waals surface area contributed by atoms with Crippen molar-refractivity contribution >= 4 is 52.8 Å². The number of primary amides is 1. The Morgan fingerprint density at radius 3 is 2.16 bits per heavy atom. The molecule has 5 N–H and O–H groups in total. The number of non-ortho nitro benzene ring substituents is 1. The molecule has 2 aliphatic carbocycles. The maximum Gasteiger partial charge on any atom is 0.336 e. The van der Waals surface area contributed by atoms with Crippen LogP contribution in [0.25, 0.3) is 0 Å². The van der Waals surface area contributed by atoms with E-state index < -0.39 is 99.3 Å². The Bertz CT molecular complexity index is 1900. The molecular weight excluding hydrogens is 819 g/mol. The van der Waals surface area contributed by atoms with Crippen LogP contribution >= 0.6 is 0 Å². The molecular formula is C45H63N5O13. The van der Waals surface area contributed by atoms with Gasteiger partial charge in [-0.25, -0.2) is 9.59 Å². The molecule has 0 radical (unpaired) electrons. The molecule has 4 amide bonds. The monoisotopic (exact) mass is 881 g/mol. The number of carboxylic acid groups (broad SMARTS) is 1. The van der Waals surface area contributed by atoms with Gasteiger partial charge in [0, 0.05) is 55.0 Å². The van der Waals surface area contributed by atoms with Gasteiger partial charge in [-0.1, -0.05) is 65.4 Å².